The number of ether oxygens (including phenoxy) is 2. The fraction of sp³-hybridized carbons (Fsp3) is 0.429. The minimum absolute atomic E-state index is 0.737. The van der Waals surface area contributed by atoms with Crippen molar-refractivity contribution >= 4 is 0 Å². The van der Waals surface area contributed by atoms with Crippen LogP contribution in [0, 0.1) is 6.92 Å². The first-order valence-electron chi connectivity index (χ1n) is 8.79. The van der Waals surface area contributed by atoms with E-state index < -0.39 is 0 Å². The van der Waals surface area contributed by atoms with Crippen LogP contribution in [0.5, 0.6) is 11.5 Å². The van der Waals surface area contributed by atoms with Gasteiger partial charge in [-0.3, -0.25) is 0 Å². The van der Waals surface area contributed by atoms with Gasteiger partial charge in [-0.2, -0.15) is 0 Å². The van der Waals surface area contributed by atoms with Gasteiger partial charge in [0.05, 0.1) is 13.7 Å². The summed E-state index contributed by atoms with van der Waals surface area (Å²) in [7, 11) is 1.69. The van der Waals surface area contributed by atoms with Crippen molar-refractivity contribution in [1.82, 2.24) is 5.32 Å². The highest BCUT2D eigenvalue weighted by Crippen LogP contribution is 2.28. The monoisotopic (exact) mass is 327 g/mol. The summed E-state index contributed by atoms with van der Waals surface area (Å²) < 4.78 is 11.2. The van der Waals surface area contributed by atoms with E-state index in [1.807, 2.05) is 6.07 Å². The zero-order valence-corrected chi connectivity index (χ0v) is 15.1. The van der Waals surface area contributed by atoms with Crippen molar-refractivity contribution < 1.29 is 9.47 Å². The van der Waals surface area contributed by atoms with Gasteiger partial charge in [0.15, 0.2) is 11.5 Å². The lowest BCUT2D eigenvalue weighted by Gasteiger charge is -2.12. The lowest BCUT2D eigenvalue weighted by atomic mass is 10.1. The molecule has 0 aliphatic carbocycles. The third kappa shape index (κ3) is 5.57. The van der Waals surface area contributed by atoms with Crippen LogP contribution in [-0.4, -0.2) is 20.3 Å². The molecule has 0 atom stereocenters. The molecule has 0 saturated carbocycles. The van der Waals surface area contributed by atoms with E-state index in [-0.39, 0.29) is 0 Å². The van der Waals surface area contributed by atoms with E-state index in [0.717, 1.165) is 50.5 Å². The van der Waals surface area contributed by atoms with Gasteiger partial charge in [-0.05, 0) is 55.1 Å². The fourth-order valence-electron chi connectivity index (χ4n) is 2.61. The maximum Gasteiger partial charge on any atom is 0.161 e. The van der Waals surface area contributed by atoms with Crippen LogP contribution >= 0.6 is 0 Å². The summed E-state index contributed by atoms with van der Waals surface area (Å²) >= 11 is 0. The summed E-state index contributed by atoms with van der Waals surface area (Å²) in [5.74, 6) is 1.64. The highest BCUT2D eigenvalue weighted by molar-refractivity contribution is 5.43. The van der Waals surface area contributed by atoms with Crippen LogP contribution < -0.4 is 14.8 Å². The Labute approximate surface area is 146 Å². The Hall–Kier alpha value is -2.00. The molecule has 2 rings (SSSR count). The molecule has 0 fully saturated rings. The van der Waals surface area contributed by atoms with Gasteiger partial charge in [0.2, 0.25) is 0 Å². The third-order valence-corrected chi connectivity index (χ3v) is 4.14. The largest absolute Gasteiger partial charge is 0.493 e. The lowest BCUT2D eigenvalue weighted by molar-refractivity contribution is 0.288. The minimum atomic E-state index is 0.737. The van der Waals surface area contributed by atoms with E-state index in [4.69, 9.17) is 9.47 Å². The van der Waals surface area contributed by atoms with E-state index in [2.05, 4.69) is 55.6 Å². The summed E-state index contributed by atoms with van der Waals surface area (Å²) in [6.45, 7) is 6.85. The normalized spacial score (nSPS) is 10.6. The van der Waals surface area contributed by atoms with Gasteiger partial charge in [0.1, 0.15) is 0 Å². The molecule has 3 heteroatoms. The topological polar surface area (TPSA) is 30.5 Å². The average Bonchev–Trinajstić information content (AvgIpc) is 2.61. The molecule has 0 bridgehead atoms. The van der Waals surface area contributed by atoms with E-state index in [9.17, 15) is 0 Å². The first-order chi connectivity index (χ1) is 11.7. The van der Waals surface area contributed by atoms with Gasteiger partial charge >= 0.3 is 0 Å². The fourth-order valence-corrected chi connectivity index (χ4v) is 2.61. The number of aryl methyl sites for hydroxylation is 1. The molecule has 0 aliphatic rings. The van der Waals surface area contributed by atoms with Gasteiger partial charge in [-0.25, -0.2) is 0 Å². The molecule has 130 valence electrons. The first-order valence-corrected chi connectivity index (χ1v) is 8.79. The SMILES string of the molecule is CCCCOc1ccc(CNCCc2ccccc2C)cc1OC. The summed E-state index contributed by atoms with van der Waals surface area (Å²) in [6.07, 6.45) is 3.23. The Morgan fingerprint density at radius 1 is 1.04 bits per heavy atom. The Balaban J connectivity index is 1.83. The van der Waals surface area contributed by atoms with Crippen molar-refractivity contribution in [1.29, 1.82) is 0 Å². The second-order valence-corrected chi connectivity index (χ2v) is 6.04. The van der Waals surface area contributed by atoms with Gasteiger partial charge < -0.3 is 14.8 Å². The Morgan fingerprint density at radius 3 is 2.62 bits per heavy atom. The van der Waals surface area contributed by atoms with E-state index in [0.29, 0.717) is 0 Å². The zero-order chi connectivity index (χ0) is 17.2. The number of methoxy groups -OCH3 is 1. The molecule has 2 aromatic rings. The van der Waals surface area contributed by atoms with E-state index >= 15 is 0 Å². The van der Waals surface area contributed by atoms with Gasteiger partial charge in [-0.15, -0.1) is 0 Å². The number of unbranched alkanes of at least 4 members (excludes halogenated alkanes) is 1. The Morgan fingerprint density at radius 2 is 1.88 bits per heavy atom. The Bertz CT molecular complexity index is 625. The molecule has 2 aromatic carbocycles. The van der Waals surface area contributed by atoms with Crippen LogP contribution in [-0.2, 0) is 13.0 Å². The number of rotatable bonds is 10. The first kappa shape index (κ1) is 18.3. The number of hydrogen-bond acceptors (Lipinski definition) is 3. The number of hydrogen-bond donors (Lipinski definition) is 1. The summed E-state index contributed by atoms with van der Waals surface area (Å²) in [6, 6.07) is 14.7. The second kappa shape index (κ2) is 9.99. The molecule has 0 aliphatic heterocycles. The maximum absolute atomic E-state index is 5.77. The van der Waals surface area contributed by atoms with Crippen molar-refractivity contribution in [3.05, 3.63) is 59.2 Å². The molecule has 24 heavy (non-hydrogen) atoms. The molecule has 1 N–H and O–H groups in total. The predicted octanol–water partition coefficient (Wildman–Crippen LogP) is 4.51. The van der Waals surface area contributed by atoms with Crippen LogP contribution in [0.15, 0.2) is 42.5 Å². The standard InChI is InChI=1S/C21H29NO2/c1-4-5-14-24-20-11-10-18(15-21(20)23-3)16-22-13-12-19-9-7-6-8-17(19)2/h6-11,15,22H,4-5,12-14,16H2,1-3H3. The Kier molecular flexibility index (Phi) is 7.63. The molecule has 0 radical (unpaired) electrons. The second-order valence-electron chi connectivity index (χ2n) is 6.04. The molecule has 0 unspecified atom stereocenters. The molecule has 3 nitrogen and oxygen atoms in total. The van der Waals surface area contributed by atoms with E-state index in [1.165, 1.54) is 16.7 Å². The average molecular weight is 327 g/mol. The van der Waals surface area contributed by atoms with Gasteiger partial charge in [0, 0.05) is 6.54 Å². The third-order valence-electron chi connectivity index (χ3n) is 4.14. The van der Waals surface area contributed by atoms with Crippen molar-refractivity contribution in [2.75, 3.05) is 20.3 Å². The molecule has 0 amide bonds. The van der Waals surface area contributed by atoms with Crippen LogP contribution in [0.2, 0.25) is 0 Å². The van der Waals surface area contributed by atoms with E-state index in [1.54, 1.807) is 7.11 Å². The highest BCUT2D eigenvalue weighted by atomic mass is 16.5. The van der Waals surface area contributed by atoms with Crippen LogP contribution in [0.4, 0.5) is 0 Å². The van der Waals surface area contributed by atoms with Crippen molar-refractivity contribution in [2.45, 2.75) is 39.7 Å². The van der Waals surface area contributed by atoms with Crippen LogP contribution in [0.3, 0.4) is 0 Å². The molecule has 0 aromatic heterocycles. The van der Waals surface area contributed by atoms with Crippen LogP contribution in [0.1, 0.15) is 36.5 Å². The highest BCUT2D eigenvalue weighted by Gasteiger charge is 2.06. The molecule has 0 heterocycles. The quantitative estimate of drug-likeness (QED) is 0.651. The smallest absolute Gasteiger partial charge is 0.161 e. The molecular weight excluding hydrogens is 298 g/mol. The lowest BCUT2D eigenvalue weighted by Crippen LogP contribution is -2.17. The van der Waals surface area contributed by atoms with Crippen molar-refractivity contribution in [3.63, 3.8) is 0 Å². The van der Waals surface area contributed by atoms with Gasteiger partial charge in [-0.1, -0.05) is 43.7 Å². The molecule has 0 spiro atoms. The molecule has 0 saturated heterocycles. The van der Waals surface area contributed by atoms with Crippen molar-refractivity contribution in [3.8, 4) is 11.5 Å². The molecular formula is C21H29NO2. The van der Waals surface area contributed by atoms with Crippen LogP contribution in [0.25, 0.3) is 0 Å². The number of benzene rings is 2. The predicted molar refractivity (Wildman–Crippen MR) is 100.0 cm³/mol. The summed E-state index contributed by atoms with van der Waals surface area (Å²) in [5.41, 5.74) is 3.97. The summed E-state index contributed by atoms with van der Waals surface area (Å²) in [4.78, 5) is 0. The van der Waals surface area contributed by atoms with Crippen molar-refractivity contribution in [2.24, 2.45) is 0 Å². The maximum atomic E-state index is 5.77. The number of nitrogens with one attached hydrogen (secondary N) is 1. The zero-order valence-electron chi connectivity index (χ0n) is 15.1. The van der Waals surface area contributed by atoms with Gasteiger partial charge in [0.25, 0.3) is 0 Å². The minimum Gasteiger partial charge on any atom is -0.493 e. The summed E-state index contributed by atoms with van der Waals surface area (Å²) in [5, 5.41) is 3.50.